The van der Waals surface area contributed by atoms with Gasteiger partial charge in [0.15, 0.2) is 9.34 Å². The number of thiazole rings is 1. The zero-order valence-corrected chi connectivity index (χ0v) is 11.4. The molecule has 5 nitrogen and oxygen atoms in total. The number of anilines is 1. The normalized spacial score (nSPS) is 13.3. The molecule has 1 aromatic heterocycles. The summed E-state index contributed by atoms with van der Waals surface area (Å²) in [5.74, 6) is 0. The van der Waals surface area contributed by atoms with Crippen LogP contribution < -0.4 is 10.5 Å². The smallest absolute Gasteiger partial charge is 0.249 e. The molecule has 1 atom stereocenters. The van der Waals surface area contributed by atoms with Crippen LogP contribution in [0.5, 0.6) is 0 Å². The maximum Gasteiger partial charge on any atom is 0.249 e. The maximum atomic E-state index is 11.1. The van der Waals surface area contributed by atoms with Crippen molar-refractivity contribution in [3.63, 3.8) is 0 Å². The van der Waals surface area contributed by atoms with Crippen molar-refractivity contribution in [3.8, 4) is 0 Å². The molecule has 0 spiro atoms. The highest BCUT2D eigenvalue weighted by Gasteiger charge is 2.13. The van der Waals surface area contributed by atoms with Gasteiger partial charge >= 0.3 is 0 Å². The molecule has 0 radical (unpaired) electrons. The van der Waals surface area contributed by atoms with Crippen LogP contribution in [0.2, 0.25) is 0 Å². The van der Waals surface area contributed by atoms with Crippen LogP contribution in [0.1, 0.15) is 26.2 Å². The average Bonchev–Trinajstić information content (AvgIpc) is 2.66. The van der Waals surface area contributed by atoms with Gasteiger partial charge in [0.25, 0.3) is 0 Å². The summed E-state index contributed by atoms with van der Waals surface area (Å²) in [5, 5.41) is 8.73. The van der Waals surface area contributed by atoms with Gasteiger partial charge in [0, 0.05) is 6.04 Å². The van der Waals surface area contributed by atoms with Crippen LogP contribution in [-0.2, 0) is 10.0 Å². The summed E-state index contributed by atoms with van der Waals surface area (Å²) in [6, 6.07) is 0.245. The number of nitrogens with zero attached hydrogens (tertiary/aromatic N) is 1. The van der Waals surface area contributed by atoms with Crippen molar-refractivity contribution in [2.24, 2.45) is 5.14 Å². The number of aromatic nitrogens is 1. The van der Waals surface area contributed by atoms with Crippen LogP contribution in [-0.4, -0.2) is 19.4 Å². The number of unbranched alkanes of at least 4 members (excludes halogenated alkanes) is 1. The minimum Gasteiger partial charge on any atom is -0.359 e. The van der Waals surface area contributed by atoms with Crippen LogP contribution >= 0.6 is 11.3 Å². The minimum absolute atomic E-state index is 0.0818. The Kier molecular flexibility index (Phi) is 5.10. The molecule has 3 N–H and O–H groups in total. The average molecular weight is 275 g/mol. The van der Waals surface area contributed by atoms with E-state index in [1.165, 1.54) is 6.20 Å². The summed E-state index contributed by atoms with van der Waals surface area (Å²) in [4.78, 5) is 3.98. The third kappa shape index (κ3) is 4.84. The Bertz CT molecular complexity index is 468. The number of nitrogens with one attached hydrogen (secondary N) is 1. The first kappa shape index (κ1) is 14.1. The van der Waals surface area contributed by atoms with Gasteiger partial charge in [-0.15, -0.1) is 6.58 Å². The first-order valence-electron chi connectivity index (χ1n) is 5.29. The lowest BCUT2D eigenvalue weighted by atomic mass is 10.1. The highest BCUT2D eigenvalue weighted by molar-refractivity contribution is 7.91. The Morgan fingerprint density at radius 2 is 2.41 bits per heavy atom. The lowest BCUT2D eigenvalue weighted by molar-refractivity contribution is 0.599. The molecule has 0 bridgehead atoms. The lowest BCUT2D eigenvalue weighted by Gasteiger charge is -2.11. The van der Waals surface area contributed by atoms with E-state index in [1.807, 2.05) is 13.0 Å². The summed E-state index contributed by atoms with van der Waals surface area (Å²) >= 11 is 1.05. The Balaban J connectivity index is 2.52. The van der Waals surface area contributed by atoms with Gasteiger partial charge in [0.2, 0.25) is 10.0 Å². The Morgan fingerprint density at radius 1 is 1.71 bits per heavy atom. The van der Waals surface area contributed by atoms with Crippen molar-refractivity contribution in [2.75, 3.05) is 5.32 Å². The van der Waals surface area contributed by atoms with Crippen LogP contribution in [0.3, 0.4) is 0 Å². The molecule has 0 aliphatic carbocycles. The quantitative estimate of drug-likeness (QED) is 0.588. The van der Waals surface area contributed by atoms with Gasteiger partial charge < -0.3 is 5.32 Å². The van der Waals surface area contributed by atoms with Crippen LogP contribution in [0.4, 0.5) is 5.13 Å². The van der Waals surface area contributed by atoms with Crippen molar-refractivity contribution in [2.45, 2.75) is 36.4 Å². The van der Waals surface area contributed by atoms with Gasteiger partial charge in [-0.1, -0.05) is 17.4 Å². The van der Waals surface area contributed by atoms with E-state index < -0.39 is 10.0 Å². The van der Waals surface area contributed by atoms with Crippen molar-refractivity contribution in [1.82, 2.24) is 4.98 Å². The third-order valence-electron chi connectivity index (χ3n) is 2.18. The summed E-state index contributed by atoms with van der Waals surface area (Å²) in [6.45, 7) is 5.69. The van der Waals surface area contributed by atoms with E-state index in [0.717, 1.165) is 30.6 Å². The van der Waals surface area contributed by atoms with Gasteiger partial charge in [0.1, 0.15) is 0 Å². The molecule has 0 saturated heterocycles. The number of primary sulfonamides is 1. The van der Waals surface area contributed by atoms with Gasteiger partial charge in [-0.2, -0.15) is 0 Å². The number of hydrogen-bond donors (Lipinski definition) is 2. The summed E-state index contributed by atoms with van der Waals surface area (Å²) in [7, 11) is -3.64. The van der Waals surface area contributed by atoms with E-state index in [1.54, 1.807) is 0 Å². The maximum absolute atomic E-state index is 11.1. The Hall–Kier alpha value is -0.920. The van der Waals surface area contributed by atoms with E-state index in [0.29, 0.717) is 5.13 Å². The summed E-state index contributed by atoms with van der Waals surface area (Å²) in [6.07, 6.45) is 6.17. The molecule has 7 heteroatoms. The topological polar surface area (TPSA) is 85.1 Å². The van der Waals surface area contributed by atoms with E-state index >= 15 is 0 Å². The highest BCUT2D eigenvalue weighted by atomic mass is 32.2. The lowest BCUT2D eigenvalue weighted by Crippen LogP contribution is -2.14. The van der Waals surface area contributed by atoms with E-state index in [-0.39, 0.29) is 10.3 Å². The van der Waals surface area contributed by atoms with E-state index in [2.05, 4.69) is 16.9 Å². The fourth-order valence-electron chi connectivity index (χ4n) is 1.31. The monoisotopic (exact) mass is 275 g/mol. The van der Waals surface area contributed by atoms with Gasteiger partial charge in [-0.05, 0) is 26.2 Å². The molecule has 96 valence electrons. The van der Waals surface area contributed by atoms with Crippen molar-refractivity contribution in [1.29, 1.82) is 0 Å². The number of allylic oxidation sites excluding steroid dienone is 1. The fourth-order valence-corrected chi connectivity index (χ4v) is 2.87. The molecule has 17 heavy (non-hydrogen) atoms. The number of sulfonamides is 1. The predicted molar refractivity (Wildman–Crippen MR) is 70.6 cm³/mol. The Labute approximate surface area is 106 Å². The molecule has 0 aliphatic rings. The van der Waals surface area contributed by atoms with E-state index in [9.17, 15) is 8.42 Å². The number of nitrogens with two attached hydrogens (primary N) is 1. The van der Waals surface area contributed by atoms with Crippen LogP contribution in [0.15, 0.2) is 23.1 Å². The molecule has 1 rings (SSSR count). The third-order valence-corrected chi connectivity index (χ3v) is 4.52. The first-order valence-corrected chi connectivity index (χ1v) is 7.66. The zero-order valence-electron chi connectivity index (χ0n) is 9.72. The molecule has 0 aromatic carbocycles. The largest absolute Gasteiger partial charge is 0.359 e. The van der Waals surface area contributed by atoms with Crippen LogP contribution in [0.25, 0.3) is 0 Å². The Morgan fingerprint density at radius 3 is 2.94 bits per heavy atom. The predicted octanol–water partition coefficient (Wildman–Crippen LogP) is 1.95. The zero-order chi connectivity index (χ0) is 12.9. The standard InChI is InChI=1S/C10H17N3O2S2/c1-3-4-5-6-8(2)13-10-12-7-9(16-10)17(11,14)15/h3,7-8H,1,4-6H2,2H3,(H,12,13)(H2,11,14,15). The van der Waals surface area contributed by atoms with Gasteiger partial charge in [-0.25, -0.2) is 18.5 Å². The summed E-state index contributed by atoms with van der Waals surface area (Å²) < 4.78 is 22.2. The molecule has 0 amide bonds. The van der Waals surface area contributed by atoms with Crippen molar-refractivity contribution >= 4 is 26.5 Å². The van der Waals surface area contributed by atoms with Gasteiger partial charge in [0.05, 0.1) is 6.20 Å². The number of rotatable bonds is 7. The fraction of sp³-hybridized carbons (Fsp3) is 0.500. The second kappa shape index (κ2) is 6.13. The molecular formula is C10H17N3O2S2. The molecule has 1 heterocycles. The second-order valence-electron chi connectivity index (χ2n) is 3.79. The highest BCUT2D eigenvalue weighted by Crippen LogP contribution is 2.22. The first-order chi connectivity index (χ1) is 7.93. The molecule has 0 fully saturated rings. The van der Waals surface area contributed by atoms with Gasteiger partial charge in [-0.3, -0.25) is 0 Å². The SMILES string of the molecule is C=CCCCC(C)Nc1ncc(S(N)(=O)=O)s1. The minimum atomic E-state index is -3.64. The molecule has 0 aliphatic heterocycles. The van der Waals surface area contributed by atoms with Crippen molar-refractivity contribution < 1.29 is 8.42 Å². The molecule has 1 aromatic rings. The molecule has 1 unspecified atom stereocenters. The molecular weight excluding hydrogens is 258 g/mol. The van der Waals surface area contributed by atoms with Crippen molar-refractivity contribution in [3.05, 3.63) is 18.9 Å². The van der Waals surface area contributed by atoms with E-state index in [4.69, 9.17) is 5.14 Å². The summed E-state index contributed by atoms with van der Waals surface area (Å²) in [5.41, 5.74) is 0. The second-order valence-corrected chi connectivity index (χ2v) is 6.61. The number of hydrogen-bond acceptors (Lipinski definition) is 5. The van der Waals surface area contributed by atoms with Crippen LogP contribution in [0, 0.1) is 0 Å². The molecule has 0 saturated carbocycles.